The Morgan fingerprint density at radius 1 is 1.86 bits per heavy atom. The van der Waals surface area contributed by atoms with Crippen molar-refractivity contribution in [2.75, 3.05) is 0 Å². The Balaban J connectivity index is 3.26. The van der Waals surface area contributed by atoms with Gasteiger partial charge >= 0.3 is 0 Å². The van der Waals surface area contributed by atoms with Crippen molar-refractivity contribution in [1.82, 2.24) is 0 Å². The molecule has 2 heteroatoms. The van der Waals surface area contributed by atoms with E-state index in [1.54, 1.807) is 6.26 Å². The Morgan fingerprint density at radius 2 is 2.43 bits per heavy atom. The highest BCUT2D eigenvalue weighted by molar-refractivity contribution is 5.98. The van der Waals surface area contributed by atoms with Crippen molar-refractivity contribution in [2.45, 2.75) is 6.92 Å². The second-order valence-electron chi connectivity index (χ2n) is 1.38. The van der Waals surface area contributed by atoms with E-state index in [1.165, 1.54) is 0 Å². The summed E-state index contributed by atoms with van der Waals surface area (Å²) in [6.45, 7) is 5.57. The molecule has 40 valence electrons. The first kappa shape index (κ1) is 6.50. The number of hydrogen-bond donors (Lipinski definition) is 0. The van der Waals surface area contributed by atoms with Crippen LogP contribution in [0.3, 0.4) is 0 Å². The van der Waals surface area contributed by atoms with E-state index in [4.69, 9.17) is 4.43 Å². The van der Waals surface area contributed by atoms with Crippen LogP contribution in [0.1, 0.15) is 6.92 Å². The summed E-state index contributed by atoms with van der Waals surface area (Å²) in [6.07, 6.45) is 3.50. The minimum atomic E-state index is 0.767. The molecule has 0 rings (SSSR count). The van der Waals surface area contributed by atoms with E-state index >= 15 is 0 Å². The van der Waals surface area contributed by atoms with Gasteiger partial charge in [0.25, 0.3) is 0 Å². The number of hydrogen-bond acceptors (Lipinski definition) is 1. The molecule has 0 aromatic carbocycles. The molecule has 0 aliphatic rings. The Bertz CT molecular complexity index is 86.1. The van der Waals surface area contributed by atoms with E-state index in [0.29, 0.717) is 0 Å². The third kappa shape index (κ3) is 5.50. The molecular weight excluding hydrogens is 104 g/mol. The van der Waals surface area contributed by atoms with E-state index < -0.39 is 0 Å². The van der Waals surface area contributed by atoms with Crippen LogP contribution in [0.5, 0.6) is 0 Å². The predicted molar refractivity (Wildman–Crippen MR) is 35.0 cm³/mol. The summed E-state index contributed by atoms with van der Waals surface area (Å²) in [5, 5.41) is 0. The fourth-order valence-corrected chi connectivity index (χ4v) is 0.320. The van der Waals surface area contributed by atoms with Gasteiger partial charge in [0.2, 0.25) is 10.5 Å². The highest BCUT2D eigenvalue weighted by Crippen LogP contribution is 1.86. The van der Waals surface area contributed by atoms with E-state index in [9.17, 15) is 0 Å². The molecule has 0 aliphatic carbocycles. The normalized spacial score (nSPS) is 9.86. The monoisotopic (exact) mass is 114 g/mol. The van der Waals surface area contributed by atoms with Gasteiger partial charge in [-0.2, -0.15) is 0 Å². The summed E-state index contributed by atoms with van der Waals surface area (Å²) in [6, 6.07) is 0. The number of allylic oxidation sites excluding steroid dienone is 2. The molecule has 0 aromatic heterocycles. The van der Waals surface area contributed by atoms with Gasteiger partial charge < -0.3 is 4.43 Å². The van der Waals surface area contributed by atoms with Gasteiger partial charge in [0.15, 0.2) is 0 Å². The maximum atomic E-state index is 4.75. The van der Waals surface area contributed by atoms with Crippen LogP contribution >= 0.6 is 0 Å². The van der Waals surface area contributed by atoms with Gasteiger partial charge in [0.05, 0.1) is 6.26 Å². The first-order chi connectivity index (χ1) is 3.27. The topological polar surface area (TPSA) is 9.23 Å². The fraction of sp³-hybridized carbons (Fsp3) is 0.200. The van der Waals surface area contributed by atoms with Crippen LogP contribution in [0.2, 0.25) is 0 Å². The standard InChI is InChI=1S/C5H10OSi/c1-5(2)3-4-6-7/h3-4H,1H2,2,7H3/b4-3+. The molecule has 1 nitrogen and oxygen atoms in total. The third-order valence-electron chi connectivity index (χ3n) is 0.489. The molecule has 0 heterocycles. The lowest BCUT2D eigenvalue weighted by Crippen LogP contribution is -1.67. The Kier molecular flexibility index (Phi) is 3.41. The van der Waals surface area contributed by atoms with Gasteiger partial charge in [-0.05, 0) is 13.0 Å². The lowest BCUT2D eigenvalue weighted by atomic mass is 10.4. The van der Waals surface area contributed by atoms with Crippen molar-refractivity contribution in [2.24, 2.45) is 0 Å². The van der Waals surface area contributed by atoms with Gasteiger partial charge in [-0.25, -0.2) is 0 Å². The van der Waals surface area contributed by atoms with Gasteiger partial charge in [0.1, 0.15) is 0 Å². The lowest BCUT2D eigenvalue weighted by Gasteiger charge is -1.84. The highest BCUT2D eigenvalue weighted by atomic mass is 28.2. The van der Waals surface area contributed by atoms with Gasteiger partial charge in [0, 0.05) is 0 Å². The smallest absolute Gasteiger partial charge is 0.203 e. The quantitative estimate of drug-likeness (QED) is 0.286. The molecular formula is C5H10OSi. The zero-order valence-electron chi connectivity index (χ0n) is 4.77. The maximum absolute atomic E-state index is 4.75. The average Bonchev–Trinajstić information content (AvgIpc) is 1.61. The summed E-state index contributed by atoms with van der Waals surface area (Å²) in [5.74, 6) is 0. The first-order valence-electron chi connectivity index (χ1n) is 2.12. The third-order valence-corrected chi connectivity index (χ3v) is 0.761. The second kappa shape index (κ2) is 3.68. The molecule has 0 unspecified atom stereocenters. The van der Waals surface area contributed by atoms with Crippen molar-refractivity contribution >= 4 is 10.5 Å². The molecule has 0 saturated carbocycles. The molecule has 0 N–H and O–H groups in total. The molecule has 0 aliphatic heterocycles. The predicted octanol–water partition coefficient (Wildman–Crippen LogP) is 0.373. The fourth-order valence-electron chi connectivity index (χ4n) is 0.184. The van der Waals surface area contributed by atoms with Crippen LogP contribution < -0.4 is 0 Å². The Labute approximate surface area is 47.2 Å². The lowest BCUT2D eigenvalue weighted by molar-refractivity contribution is 0.534. The molecule has 0 saturated heterocycles. The molecule has 0 radical (unpaired) electrons. The van der Waals surface area contributed by atoms with Crippen LogP contribution in [0.25, 0.3) is 0 Å². The average molecular weight is 114 g/mol. The van der Waals surface area contributed by atoms with Crippen LogP contribution in [0, 0.1) is 0 Å². The summed E-state index contributed by atoms with van der Waals surface area (Å²) < 4.78 is 4.75. The summed E-state index contributed by atoms with van der Waals surface area (Å²) in [5.41, 5.74) is 1.02. The number of rotatable bonds is 2. The van der Waals surface area contributed by atoms with Crippen LogP contribution in [0.4, 0.5) is 0 Å². The molecule has 0 amide bonds. The zero-order chi connectivity index (χ0) is 5.70. The molecule has 0 spiro atoms. The van der Waals surface area contributed by atoms with Crippen LogP contribution in [-0.2, 0) is 4.43 Å². The van der Waals surface area contributed by atoms with Crippen LogP contribution in [-0.4, -0.2) is 10.5 Å². The van der Waals surface area contributed by atoms with Gasteiger partial charge in [-0.1, -0.05) is 12.2 Å². The van der Waals surface area contributed by atoms with Gasteiger partial charge in [-0.15, -0.1) is 0 Å². The Morgan fingerprint density at radius 3 is 2.57 bits per heavy atom. The van der Waals surface area contributed by atoms with Crippen molar-refractivity contribution < 1.29 is 4.43 Å². The second-order valence-corrected chi connectivity index (χ2v) is 1.86. The van der Waals surface area contributed by atoms with Crippen molar-refractivity contribution in [1.29, 1.82) is 0 Å². The molecule has 0 bridgehead atoms. The van der Waals surface area contributed by atoms with Crippen molar-refractivity contribution in [3.63, 3.8) is 0 Å². The summed E-state index contributed by atoms with van der Waals surface area (Å²) >= 11 is 0. The van der Waals surface area contributed by atoms with Crippen molar-refractivity contribution in [3.05, 3.63) is 24.5 Å². The minimum absolute atomic E-state index is 0.767. The highest BCUT2D eigenvalue weighted by Gasteiger charge is 1.67. The maximum Gasteiger partial charge on any atom is 0.203 e. The zero-order valence-corrected chi connectivity index (χ0v) is 6.77. The minimum Gasteiger partial charge on any atom is -0.558 e. The molecule has 0 atom stereocenters. The van der Waals surface area contributed by atoms with Crippen LogP contribution in [0.15, 0.2) is 24.5 Å². The van der Waals surface area contributed by atoms with E-state index in [2.05, 4.69) is 6.58 Å². The first-order valence-corrected chi connectivity index (χ1v) is 2.94. The SMILES string of the molecule is C=C(C)/C=C/O[SiH3]. The molecule has 7 heavy (non-hydrogen) atoms. The Hall–Kier alpha value is -0.503. The molecule has 0 aromatic rings. The summed E-state index contributed by atoms with van der Waals surface area (Å²) in [7, 11) is 0.767. The van der Waals surface area contributed by atoms with E-state index in [-0.39, 0.29) is 0 Å². The van der Waals surface area contributed by atoms with E-state index in [0.717, 1.165) is 16.1 Å². The largest absolute Gasteiger partial charge is 0.558 e. The van der Waals surface area contributed by atoms with Crippen molar-refractivity contribution in [3.8, 4) is 0 Å². The van der Waals surface area contributed by atoms with Gasteiger partial charge in [-0.3, -0.25) is 0 Å². The summed E-state index contributed by atoms with van der Waals surface area (Å²) in [4.78, 5) is 0. The molecule has 0 fully saturated rings. The van der Waals surface area contributed by atoms with E-state index in [1.807, 2.05) is 13.0 Å².